The van der Waals surface area contributed by atoms with E-state index < -0.39 is 23.7 Å². The lowest BCUT2D eigenvalue weighted by atomic mass is 9.93. The van der Waals surface area contributed by atoms with Crippen LogP contribution in [0, 0.1) is 17.7 Å². The van der Waals surface area contributed by atoms with Gasteiger partial charge in [0.2, 0.25) is 0 Å². The Bertz CT molecular complexity index is 455. The smallest absolute Gasteiger partial charge is 0.388 e. The summed E-state index contributed by atoms with van der Waals surface area (Å²) in [5.74, 6) is -0.819. The van der Waals surface area contributed by atoms with Gasteiger partial charge in [-0.05, 0) is 42.4 Å². The Morgan fingerprint density at radius 2 is 1.95 bits per heavy atom. The van der Waals surface area contributed by atoms with Gasteiger partial charge in [-0.25, -0.2) is 4.39 Å². The van der Waals surface area contributed by atoms with E-state index in [4.69, 9.17) is 0 Å². The van der Waals surface area contributed by atoms with Gasteiger partial charge in [-0.3, -0.25) is 0 Å². The van der Waals surface area contributed by atoms with E-state index in [1.54, 1.807) is 0 Å². The lowest BCUT2D eigenvalue weighted by Crippen LogP contribution is -2.12. The molecule has 1 fully saturated rings. The van der Waals surface area contributed by atoms with E-state index in [9.17, 15) is 22.7 Å². The lowest BCUT2D eigenvalue weighted by Gasteiger charge is -2.19. The molecule has 0 saturated heterocycles. The Kier molecular flexibility index (Phi) is 3.85. The van der Waals surface area contributed by atoms with Crippen molar-refractivity contribution in [3.8, 4) is 0 Å². The second-order valence-corrected chi connectivity index (χ2v) is 5.36. The molecule has 1 aromatic rings. The van der Waals surface area contributed by atoms with Crippen molar-refractivity contribution in [1.29, 1.82) is 0 Å². The maximum atomic E-state index is 13.4. The van der Waals surface area contributed by atoms with Crippen molar-refractivity contribution in [3.63, 3.8) is 0 Å². The van der Waals surface area contributed by atoms with Crippen LogP contribution in [0.2, 0.25) is 0 Å². The van der Waals surface area contributed by atoms with Crippen LogP contribution in [0.1, 0.15) is 43.4 Å². The van der Waals surface area contributed by atoms with Gasteiger partial charge in [0.05, 0.1) is 11.7 Å². The van der Waals surface area contributed by atoms with Crippen molar-refractivity contribution in [2.45, 2.75) is 38.5 Å². The number of aliphatic hydroxyl groups excluding tert-OH is 1. The predicted octanol–water partition coefficient (Wildman–Crippen LogP) is 4.31. The van der Waals surface area contributed by atoms with Crippen LogP contribution in [0.25, 0.3) is 0 Å². The van der Waals surface area contributed by atoms with E-state index in [1.807, 2.05) is 0 Å². The number of alkyl halides is 3. The molecule has 0 spiro atoms. The fourth-order valence-electron chi connectivity index (χ4n) is 2.76. The zero-order valence-electron chi connectivity index (χ0n) is 10.5. The van der Waals surface area contributed by atoms with Gasteiger partial charge in [0.1, 0.15) is 5.82 Å². The van der Waals surface area contributed by atoms with Crippen molar-refractivity contribution in [2.75, 3.05) is 0 Å². The summed E-state index contributed by atoms with van der Waals surface area (Å²) in [5, 5.41) is 10.1. The highest BCUT2D eigenvalue weighted by molar-refractivity contribution is 5.28. The normalized spacial score (nSPS) is 25.6. The van der Waals surface area contributed by atoms with Gasteiger partial charge >= 0.3 is 6.18 Å². The van der Waals surface area contributed by atoms with Crippen molar-refractivity contribution in [1.82, 2.24) is 0 Å². The quantitative estimate of drug-likeness (QED) is 0.798. The summed E-state index contributed by atoms with van der Waals surface area (Å²) in [6.07, 6.45) is -2.95. The predicted molar refractivity (Wildman–Crippen MR) is 62.9 cm³/mol. The highest BCUT2D eigenvalue weighted by Crippen LogP contribution is 2.40. The van der Waals surface area contributed by atoms with Gasteiger partial charge < -0.3 is 5.11 Å². The van der Waals surface area contributed by atoms with E-state index in [2.05, 4.69) is 6.92 Å². The van der Waals surface area contributed by atoms with E-state index >= 15 is 0 Å². The molecule has 1 aliphatic carbocycles. The van der Waals surface area contributed by atoms with Crippen LogP contribution in [-0.2, 0) is 6.18 Å². The monoisotopic (exact) mass is 276 g/mol. The molecule has 0 aromatic heterocycles. The van der Waals surface area contributed by atoms with Crippen LogP contribution < -0.4 is 0 Å². The Labute approximate surface area is 109 Å². The molecule has 1 nitrogen and oxygen atoms in total. The summed E-state index contributed by atoms with van der Waals surface area (Å²) in [6, 6.07) is 2.67. The summed E-state index contributed by atoms with van der Waals surface area (Å²) in [7, 11) is 0. The lowest BCUT2D eigenvalue weighted by molar-refractivity contribution is -0.140. The Hall–Kier alpha value is -1.10. The maximum Gasteiger partial charge on any atom is 0.419 e. The molecule has 0 aliphatic heterocycles. The standard InChI is InChI=1S/C14H16F4O/c1-8-2-3-9(6-8)13(19)10-4-5-11(12(15)7-10)14(16,17)18/h4-5,7-9,13,19H,2-3,6H2,1H3. The third-order valence-corrected chi connectivity index (χ3v) is 3.82. The summed E-state index contributed by atoms with van der Waals surface area (Å²) in [6.45, 7) is 2.07. The average Bonchev–Trinajstić information content (AvgIpc) is 2.73. The van der Waals surface area contributed by atoms with Crippen LogP contribution in [0.15, 0.2) is 18.2 Å². The second-order valence-electron chi connectivity index (χ2n) is 5.36. The minimum Gasteiger partial charge on any atom is -0.388 e. The van der Waals surface area contributed by atoms with E-state index in [1.165, 1.54) is 6.07 Å². The highest BCUT2D eigenvalue weighted by Gasteiger charge is 2.35. The summed E-state index contributed by atoms with van der Waals surface area (Å²) in [5.41, 5.74) is -1.06. The maximum absolute atomic E-state index is 13.4. The first-order valence-electron chi connectivity index (χ1n) is 6.33. The number of benzene rings is 1. The van der Waals surface area contributed by atoms with E-state index in [-0.39, 0.29) is 11.5 Å². The van der Waals surface area contributed by atoms with Gasteiger partial charge in [-0.15, -0.1) is 0 Å². The van der Waals surface area contributed by atoms with Gasteiger partial charge in [-0.2, -0.15) is 13.2 Å². The van der Waals surface area contributed by atoms with Gasteiger partial charge in [0.15, 0.2) is 0 Å². The molecule has 1 aromatic carbocycles. The molecule has 2 rings (SSSR count). The van der Waals surface area contributed by atoms with Crippen molar-refractivity contribution in [2.24, 2.45) is 11.8 Å². The van der Waals surface area contributed by atoms with Crippen LogP contribution in [-0.4, -0.2) is 5.11 Å². The summed E-state index contributed by atoms with van der Waals surface area (Å²) < 4.78 is 50.7. The van der Waals surface area contributed by atoms with Crippen LogP contribution >= 0.6 is 0 Å². The fraction of sp³-hybridized carbons (Fsp3) is 0.571. The molecule has 3 unspecified atom stereocenters. The molecule has 0 bridgehead atoms. The zero-order chi connectivity index (χ0) is 14.2. The number of aliphatic hydroxyl groups is 1. The first-order chi connectivity index (χ1) is 8.79. The molecule has 0 heterocycles. The molecule has 1 aliphatic rings. The molecular weight excluding hydrogens is 260 g/mol. The average molecular weight is 276 g/mol. The number of rotatable bonds is 2. The Morgan fingerprint density at radius 3 is 2.42 bits per heavy atom. The minimum atomic E-state index is -4.70. The van der Waals surface area contributed by atoms with Gasteiger partial charge in [0, 0.05) is 0 Å². The van der Waals surface area contributed by atoms with Crippen molar-refractivity contribution in [3.05, 3.63) is 35.1 Å². The fourth-order valence-corrected chi connectivity index (χ4v) is 2.76. The van der Waals surface area contributed by atoms with E-state index in [0.717, 1.165) is 25.3 Å². The Balaban J connectivity index is 2.20. The van der Waals surface area contributed by atoms with E-state index in [0.29, 0.717) is 12.0 Å². The topological polar surface area (TPSA) is 20.2 Å². The first kappa shape index (κ1) is 14.3. The minimum absolute atomic E-state index is 0.00568. The number of hydrogen-bond donors (Lipinski definition) is 1. The third kappa shape index (κ3) is 3.08. The largest absolute Gasteiger partial charge is 0.419 e. The molecule has 5 heteroatoms. The molecule has 1 N–H and O–H groups in total. The SMILES string of the molecule is CC1CCC(C(O)c2ccc(C(F)(F)F)c(F)c2)C1. The zero-order valence-corrected chi connectivity index (χ0v) is 10.5. The Morgan fingerprint density at radius 1 is 1.26 bits per heavy atom. The second kappa shape index (κ2) is 5.12. The van der Waals surface area contributed by atoms with Crippen molar-refractivity contribution >= 4 is 0 Å². The molecule has 3 atom stereocenters. The molecule has 19 heavy (non-hydrogen) atoms. The first-order valence-corrected chi connectivity index (χ1v) is 6.33. The van der Waals surface area contributed by atoms with Crippen LogP contribution in [0.5, 0.6) is 0 Å². The van der Waals surface area contributed by atoms with Crippen LogP contribution in [0.4, 0.5) is 17.6 Å². The summed E-state index contributed by atoms with van der Waals surface area (Å²) >= 11 is 0. The molecule has 106 valence electrons. The summed E-state index contributed by atoms with van der Waals surface area (Å²) in [4.78, 5) is 0. The molecule has 1 saturated carbocycles. The number of hydrogen-bond acceptors (Lipinski definition) is 1. The van der Waals surface area contributed by atoms with Crippen LogP contribution in [0.3, 0.4) is 0 Å². The van der Waals surface area contributed by atoms with Gasteiger partial charge in [0.25, 0.3) is 0 Å². The van der Waals surface area contributed by atoms with Gasteiger partial charge in [-0.1, -0.05) is 19.4 Å². The molecule has 0 radical (unpaired) electrons. The number of halogens is 4. The van der Waals surface area contributed by atoms with Crippen molar-refractivity contribution < 1.29 is 22.7 Å². The molecule has 0 amide bonds. The highest BCUT2D eigenvalue weighted by atomic mass is 19.4. The molecular formula is C14H16F4O. The third-order valence-electron chi connectivity index (χ3n) is 3.82.